The van der Waals surface area contributed by atoms with Crippen molar-refractivity contribution in [2.75, 3.05) is 13.1 Å². The van der Waals surface area contributed by atoms with E-state index in [1.807, 2.05) is 6.92 Å². The molecule has 0 radical (unpaired) electrons. The predicted octanol–water partition coefficient (Wildman–Crippen LogP) is 0.910. The first-order valence-electron chi connectivity index (χ1n) is 7.33. The molecule has 0 aliphatic heterocycles. The second-order valence-electron chi connectivity index (χ2n) is 5.23. The topological polar surface area (TPSA) is 95.5 Å². The lowest BCUT2D eigenvalue weighted by atomic mass is 9.78. The third-order valence-electron chi connectivity index (χ3n) is 3.64. The van der Waals surface area contributed by atoms with Crippen molar-refractivity contribution in [1.29, 1.82) is 0 Å². The molecule has 0 aromatic rings. The second kappa shape index (κ2) is 8.55. The van der Waals surface area contributed by atoms with E-state index in [0.717, 1.165) is 19.3 Å². The Labute approximate surface area is 119 Å². The third kappa shape index (κ3) is 5.19. The second-order valence-corrected chi connectivity index (χ2v) is 5.23. The molecule has 1 aliphatic rings. The van der Waals surface area contributed by atoms with Crippen LogP contribution in [-0.2, 0) is 14.4 Å². The summed E-state index contributed by atoms with van der Waals surface area (Å²) in [6.45, 7) is 2.87. The minimum Gasteiger partial charge on any atom is -0.481 e. The number of carbonyl (C=O) groups excluding carboxylic acids is 2. The Balaban J connectivity index is 2.33. The maximum absolute atomic E-state index is 12.0. The summed E-state index contributed by atoms with van der Waals surface area (Å²) in [6, 6.07) is 0. The average Bonchev–Trinajstić information content (AvgIpc) is 2.44. The molecular formula is C14H24N2O4. The summed E-state index contributed by atoms with van der Waals surface area (Å²) < 4.78 is 0. The summed E-state index contributed by atoms with van der Waals surface area (Å²) in [5.41, 5.74) is 0. The van der Waals surface area contributed by atoms with Gasteiger partial charge in [-0.2, -0.15) is 0 Å². The number of carbonyl (C=O) groups is 3. The Hall–Kier alpha value is -1.59. The van der Waals surface area contributed by atoms with E-state index < -0.39 is 17.8 Å². The first-order chi connectivity index (χ1) is 9.56. The molecule has 3 N–H and O–H groups in total. The van der Waals surface area contributed by atoms with Crippen LogP contribution in [-0.4, -0.2) is 36.0 Å². The fraction of sp³-hybridized carbons (Fsp3) is 0.786. The van der Waals surface area contributed by atoms with Crippen LogP contribution < -0.4 is 10.6 Å². The Morgan fingerprint density at radius 2 is 1.70 bits per heavy atom. The van der Waals surface area contributed by atoms with Crippen molar-refractivity contribution in [1.82, 2.24) is 10.6 Å². The van der Waals surface area contributed by atoms with Gasteiger partial charge in [0.1, 0.15) is 0 Å². The highest BCUT2D eigenvalue weighted by molar-refractivity contribution is 5.85. The monoisotopic (exact) mass is 284 g/mol. The Morgan fingerprint density at radius 3 is 2.30 bits per heavy atom. The zero-order chi connectivity index (χ0) is 15.0. The van der Waals surface area contributed by atoms with Gasteiger partial charge in [0.05, 0.1) is 11.8 Å². The van der Waals surface area contributed by atoms with Crippen LogP contribution in [0.2, 0.25) is 0 Å². The van der Waals surface area contributed by atoms with Gasteiger partial charge >= 0.3 is 5.97 Å². The van der Waals surface area contributed by atoms with Gasteiger partial charge in [-0.15, -0.1) is 0 Å². The van der Waals surface area contributed by atoms with Gasteiger partial charge in [0.25, 0.3) is 0 Å². The first kappa shape index (κ1) is 16.5. The molecule has 0 aromatic carbocycles. The number of rotatable bonds is 7. The molecule has 20 heavy (non-hydrogen) atoms. The summed E-state index contributed by atoms with van der Waals surface area (Å²) >= 11 is 0. The van der Waals surface area contributed by atoms with Gasteiger partial charge in [-0.1, -0.05) is 19.8 Å². The first-order valence-corrected chi connectivity index (χ1v) is 7.33. The van der Waals surface area contributed by atoms with Gasteiger partial charge in [0.15, 0.2) is 0 Å². The molecular weight excluding hydrogens is 260 g/mol. The molecule has 2 unspecified atom stereocenters. The van der Waals surface area contributed by atoms with Gasteiger partial charge in [0, 0.05) is 19.5 Å². The number of hydrogen-bond donors (Lipinski definition) is 3. The van der Waals surface area contributed by atoms with Crippen molar-refractivity contribution in [3.05, 3.63) is 0 Å². The lowest BCUT2D eigenvalue weighted by Gasteiger charge is -2.27. The normalized spacial score (nSPS) is 22.1. The van der Waals surface area contributed by atoms with Gasteiger partial charge in [0.2, 0.25) is 11.8 Å². The van der Waals surface area contributed by atoms with E-state index in [0.29, 0.717) is 19.4 Å². The van der Waals surface area contributed by atoms with Crippen molar-refractivity contribution in [2.24, 2.45) is 11.8 Å². The highest BCUT2D eigenvalue weighted by atomic mass is 16.4. The molecule has 1 aliphatic carbocycles. The Kier molecular flexibility index (Phi) is 7.04. The van der Waals surface area contributed by atoms with Gasteiger partial charge in [-0.25, -0.2) is 0 Å². The molecule has 6 heteroatoms. The summed E-state index contributed by atoms with van der Waals surface area (Å²) in [6.07, 6.45) is 4.03. The highest BCUT2D eigenvalue weighted by Crippen LogP contribution is 2.30. The average molecular weight is 284 g/mol. The molecule has 2 amide bonds. The van der Waals surface area contributed by atoms with Crippen molar-refractivity contribution >= 4 is 17.8 Å². The largest absolute Gasteiger partial charge is 0.481 e. The quantitative estimate of drug-likeness (QED) is 0.647. The molecule has 114 valence electrons. The summed E-state index contributed by atoms with van der Waals surface area (Å²) in [4.78, 5) is 34.5. The number of amides is 2. The van der Waals surface area contributed by atoms with Crippen LogP contribution in [0.4, 0.5) is 0 Å². The number of aliphatic carboxylic acids is 1. The molecule has 2 atom stereocenters. The van der Waals surface area contributed by atoms with Crippen LogP contribution in [0.25, 0.3) is 0 Å². The summed E-state index contributed by atoms with van der Waals surface area (Å²) in [5, 5.41) is 14.5. The smallest absolute Gasteiger partial charge is 0.307 e. The van der Waals surface area contributed by atoms with Crippen molar-refractivity contribution in [3.63, 3.8) is 0 Å². The molecule has 0 saturated heterocycles. The van der Waals surface area contributed by atoms with Gasteiger partial charge in [-0.05, 0) is 19.3 Å². The maximum atomic E-state index is 12.0. The lowest BCUT2D eigenvalue weighted by molar-refractivity contribution is -0.149. The Morgan fingerprint density at radius 1 is 1.05 bits per heavy atom. The molecule has 1 fully saturated rings. The summed E-state index contributed by atoms with van der Waals surface area (Å²) in [5.74, 6) is -2.27. The molecule has 6 nitrogen and oxygen atoms in total. The zero-order valence-corrected chi connectivity index (χ0v) is 12.0. The van der Waals surface area contributed by atoms with Crippen LogP contribution in [0.1, 0.15) is 45.4 Å². The van der Waals surface area contributed by atoms with E-state index in [4.69, 9.17) is 5.11 Å². The standard InChI is InChI=1S/C14H24N2O4/c1-2-8-15-12(17)7-9-16-13(18)10-5-3-4-6-11(10)14(19)20/h10-11H,2-9H2,1H3,(H,15,17)(H,16,18)(H,19,20). The number of carboxylic acid groups (broad SMARTS) is 1. The highest BCUT2D eigenvalue weighted by Gasteiger charge is 2.35. The fourth-order valence-corrected chi connectivity index (χ4v) is 2.52. The van der Waals surface area contributed by atoms with Crippen molar-refractivity contribution in [2.45, 2.75) is 45.4 Å². The number of carboxylic acids is 1. The van der Waals surface area contributed by atoms with Crippen molar-refractivity contribution < 1.29 is 19.5 Å². The molecule has 0 heterocycles. The van der Waals surface area contributed by atoms with Crippen LogP contribution in [0, 0.1) is 11.8 Å². The fourth-order valence-electron chi connectivity index (χ4n) is 2.52. The molecule has 0 spiro atoms. The van der Waals surface area contributed by atoms with Crippen LogP contribution in [0.3, 0.4) is 0 Å². The van der Waals surface area contributed by atoms with E-state index in [2.05, 4.69) is 10.6 Å². The minimum absolute atomic E-state index is 0.0921. The number of hydrogen-bond acceptors (Lipinski definition) is 3. The van der Waals surface area contributed by atoms with E-state index in [1.165, 1.54) is 0 Å². The van der Waals surface area contributed by atoms with Crippen LogP contribution in [0.5, 0.6) is 0 Å². The van der Waals surface area contributed by atoms with E-state index in [1.54, 1.807) is 0 Å². The molecule has 0 bridgehead atoms. The predicted molar refractivity (Wildman–Crippen MR) is 74.0 cm³/mol. The Bertz CT molecular complexity index is 357. The van der Waals surface area contributed by atoms with Crippen molar-refractivity contribution in [3.8, 4) is 0 Å². The van der Waals surface area contributed by atoms with E-state index in [-0.39, 0.29) is 24.8 Å². The minimum atomic E-state index is -0.898. The van der Waals surface area contributed by atoms with Gasteiger partial charge < -0.3 is 15.7 Å². The molecule has 1 rings (SSSR count). The van der Waals surface area contributed by atoms with Gasteiger partial charge in [-0.3, -0.25) is 14.4 Å². The van der Waals surface area contributed by atoms with E-state index in [9.17, 15) is 14.4 Å². The van der Waals surface area contributed by atoms with Crippen LogP contribution >= 0.6 is 0 Å². The summed E-state index contributed by atoms with van der Waals surface area (Å²) in [7, 11) is 0. The zero-order valence-electron chi connectivity index (χ0n) is 12.0. The van der Waals surface area contributed by atoms with Crippen LogP contribution in [0.15, 0.2) is 0 Å². The number of nitrogens with one attached hydrogen (secondary N) is 2. The lowest BCUT2D eigenvalue weighted by Crippen LogP contribution is -2.41. The maximum Gasteiger partial charge on any atom is 0.307 e. The molecule has 0 aromatic heterocycles. The SMILES string of the molecule is CCCNC(=O)CCNC(=O)C1CCCCC1C(=O)O. The molecule has 1 saturated carbocycles. The van der Waals surface area contributed by atoms with E-state index >= 15 is 0 Å². The third-order valence-corrected chi connectivity index (χ3v) is 3.64.